The molecule has 0 aliphatic carbocycles. The third-order valence-corrected chi connectivity index (χ3v) is 6.40. The van der Waals surface area contributed by atoms with Gasteiger partial charge in [0, 0.05) is 36.6 Å². The van der Waals surface area contributed by atoms with E-state index < -0.39 is 12.2 Å². The Balaban J connectivity index is 1.41. The zero-order valence-electron chi connectivity index (χ0n) is 15.9. The second kappa shape index (κ2) is 7.64. The number of rotatable bonds is 3. The van der Waals surface area contributed by atoms with Gasteiger partial charge >= 0.3 is 0 Å². The first-order chi connectivity index (χ1) is 13.3. The highest BCUT2D eigenvalue weighted by Gasteiger charge is 2.43. The Hall–Kier alpha value is -1.66. The fraction of sp³-hybridized carbons (Fsp3) is 0.455. The molecule has 2 heterocycles. The van der Waals surface area contributed by atoms with Crippen molar-refractivity contribution in [2.75, 3.05) is 19.6 Å². The normalized spacial score (nSPS) is 22.5. The maximum Gasteiger partial charge on any atom is 0.126 e. The van der Waals surface area contributed by atoms with E-state index in [0.29, 0.717) is 23.6 Å². The monoisotopic (exact) mass is 405 g/mol. The molecular weight excluding hydrogens is 381 g/mol. The van der Waals surface area contributed by atoms with Crippen molar-refractivity contribution < 1.29 is 19.3 Å². The average Bonchev–Trinajstić information content (AvgIpc) is 2.66. The van der Waals surface area contributed by atoms with E-state index in [2.05, 4.69) is 4.90 Å². The largest absolute Gasteiger partial charge is 0.487 e. The number of aliphatic hydroxyl groups excluding tert-OH is 2. The molecule has 2 N–H and O–H groups in total. The van der Waals surface area contributed by atoms with Crippen molar-refractivity contribution in [2.45, 2.75) is 44.0 Å². The summed E-state index contributed by atoms with van der Waals surface area (Å²) in [5, 5.41) is 21.7. The minimum absolute atomic E-state index is 0.305. The van der Waals surface area contributed by atoms with E-state index in [0.717, 1.165) is 42.8 Å². The second-order valence-corrected chi connectivity index (χ2v) is 8.42. The summed E-state index contributed by atoms with van der Waals surface area (Å²) in [5.41, 5.74) is 2.02. The Morgan fingerprint density at radius 1 is 1.25 bits per heavy atom. The fourth-order valence-corrected chi connectivity index (χ4v) is 4.41. The predicted molar refractivity (Wildman–Crippen MR) is 106 cm³/mol. The van der Waals surface area contributed by atoms with Gasteiger partial charge in [-0.25, -0.2) is 4.39 Å². The highest BCUT2D eigenvalue weighted by Crippen LogP contribution is 2.45. The molecule has 0 radical (unpaired) electrons. The third kappa shape index (κ3) is 3.90. The van der Waals surface area contributed by atoms with E-state index in [1.54, 1.807) is 18.2 Å². The standard InChI is InChI=1S/C22H25ClFNO3/c1-14-10-21-17(11-18(14)23)19(26)12-22(28-21)6-8-25(9-7-22)13-20(27)15-2-4-16(24)5-3-15/h2-5,10-11,19-20,26-27H,6-9,12-13H2,1H3/t19-,20-/m0/s1. The Labute approximate surface area is 169 Å². The van der Waals surface area contributed by atoms with Crippen LogP contribution in [0.5, 0.6) is 5.75 Å². The van der Waals surface area contributed by atoms with Crippen LogP contribution in [0.25, 0.3) is 0 Å². The van der Waals surface area contributed by atoms with Crippen LogP contribution in [0.4, 0.5) is 4.39 Å². The van der Waals surface area contributed by atoms with Gasteiger partial charge in [0.05, 0.1) is 12.2 Å². The van der Waals surface area contributed by atoms with Gasteiger partial charge in [0.25, 0.3) is 0 Å². The van der Waals surface area contributed by atoms with Crippen LogP contribution in [0.1, 0.15) is 48.2 Å². The average molecular weight is 406 g/mol. The smallest absolute Gasteiger partial charge is 0.126 e. The number of fused-ring (bicyclic) bond motifs is 1. The number of aliphatic hydroxyl groups is 2. The first kappa shape index (κ1) is 19.6. The lowest BCUT2D eigenvalue weighted by Gasteiger charge is -2.46. The zero-order chi connectivity index (χ0) is 19.9. The first-order valence-electron chi connectivity index (χ1n) is 9.68. The Morgan fingerprint density at radius 3 is 2.61 bits per heavy atom. The molecule has 0 amide bonds. The summed E-state index contributed by atoms with van der Waals surface area (Å²) >= 11 is 6.20. The van der Waals surface area contributed by atoms with E-state index in [-0.39, 0.29) is 11.4 Å². The van der Waals surface area contributed by atoms with Gasteiger partial charge in [-0.1, -0.05) is 23.7 Å². The Kier molecular flexibility index (Phi) is 5.36. The van der Waals surface area contributed by atoms with Gasteiger partial charge in [0.1, 0.15) is 17.2 Å². The van der Waals surface area contributed by atoms with Gasteiger partial charge in [-0.2, -0.15) is 0 Å². The van der Waals surface area contributed by atoms with Crippen molar-refractivity contribution in [1.82, 2.24) is 4.90 Å². The third-order valence-electron chi connectivity index (χ3n) is 6.00. The molecule has 150 valence electrons. The summed E-state index contributed by atoms with van der Waals surface area (Å²) in [6.07, 6.45) is 0.868. The molecule has 4 rings (SSSR count). The summed E-state index contributed by atoms with van der Waals surface area (Å²) in [6, 6.07) is 9.69. The van der Waals surface area contributed by atoms with Crippen LogP contribution in [-0.2, 0) is 0 Å². The van der Waals surface area contributed by atoms with Gasteiger partial charge in [-0.15, -0.1) is 0 Å². The van der Waals surface area contributed by atoms with Crippen LogP contribution in [0, 0.1) is 12.7 Å². The quantitative estimate of drug-likeness (QED) is 0.804. The number of hydrogen-bond acceptors (Lipinski definition) is 4. The summed E-state index contributed by atoms with van der Waals surface area (Å²) in [6.45, 7) is 3.97. The highest BCUT2D eigenvalue weighted by atomic mass is 35.5. The van der Waals surface area contributed by atoms with Crippen molar-refractivity contribution in [2.24, 2.45) is 0 Å². The number of ether oxygens (including phenoxy) is 1. The van der Waals surface area contributed by atoms with Gasteiger partial charge in [0.2, 0.25) is 0 Å². The molecule has 2 atom stereocenters. The summed E-state index contributed by atoms with van der Waals surface area (Å²) in [5.74, 6) is 0.418. The molecule has 2 aromatic carbocycles. The number of nitrogens with zero attached hydrogens (tertiary/aromatic N) is 1. The lowest BCUT2D eigenvalue weighted by molar-refractivity contribution is -0.0588. The molecule has 4 nitrogen and oxygen atoms in total. The molecule has 2 aliphatic rings. The summed E-state index contributed by atoms with van der Waals surface area (Å²) in [4.78, 5) is 2.19. The molecule has 6 heteroatoms. The van der Waals surface area contributed by atoms with E-state index >= 15 is 0 Å². The van der Waals surface area contributed by atoms with Crippen molar-refractivity contribution >= 4 is 11.6 Å². The number of benzene rings is 2. The molecule has 0 saturated carbocycles. The van der Waals surface area contributed by atoms with Crippen LogP contribution in [0.3, 0.4) is 0 Å². The molecule has 28 heavy (non-hydrogen) atoms. The van der Waals surface area contributed by atoms with Gasteiger partial charge in [-0.05, 0) is 55.2 Å². The van der Waals surface area contributed by atoms with Crippen molar-refractivity contribution in [3.8, 4) is 5.75 Å². The summed E-state index contributed by atoms with van der Waals surface area (Å²) in [7, 11) is 0. The zero-order valence-corrected chi connectivity index (χ0v) is 16.6. The molecule has 0 aromatic heterocycles. The van der Waals surface area contributed by atoms with Crippen LogP contribution in [0.2, 0.25) is 5.02 Å². The topological polar surface area (TPSA) is 52.9 Å². The van der Waals surface area contributed by atoms with Crippen molar-refractivity contribution in [3.05, 3.63) is 63.9 Å². The molecule has 2 aliphatic heterocycles. The minimum atomic E-state index is -0.655. The van der Waals surface area contributed by atoms with Gasteiger partial charge in [-0.3, -0.25) is 0 Å². The van der Waals surface area contributed by atoms with Crippen LogP contribution in [-0.4, -0.2) is 40.3 Å². The predicted octanol–water partition coefficient (Wildman–Crippen LogP) is 4.17. The minimum Gasteiger partial charge on any atom is -0.487 e. The molecule has 1 saturated heterocycles. The number of hydrogen-bond donors (Lipinski definition) is 2. The number of likely N-dealkylation sites (tertiary alicyclic amines) is 1. The van der Waals surface area contributed by atoms with Gasteiger partial charge < -0.3 is 19.8 Å². The van der Waals surface area contributed by atoms with E-state index in [1.807, 2.05) is 13.0 Å². The molecule has 1 spiro atoms. The molecule has 1 fully saturated rings. The molecule has 0 unspecified atom stereocenters. The fourth-order valence-electron chi connectivity index (χ4n) is 4.24. The highest BCUT2D eigenvalue weighted by molar-refractivity contribution is 6.31. The van der Waals surface area contributed by atoms with Crippen LogP contribution in [0.15, 0.2) is 36.4 Å². The van der Waals surface area contributed by atoms with Crippen LogP contribution >= 0.6 is 11.6 Å². The lowest BCUT2D eigenvalue weighted by Crippen LogP contribution is -2.51. The van der Waals surface area contributed by atoms with Crippen molar-refractivity contribution in [3.63, 3.8) is 0 Å². The Morgan fingerprint density at radius 2 is 1.93 bits per heavy atom. The second-order valence-electron chi connectivity index (χ2n) is 8.01. The number of halogens is 2. The van der Waals surface area contributed by atoms with Crippen molar-refractivity contribution in [1.29, 1.82) is 0 Å². The number of β-amino-alcohol motifs (C(OH)–C–C–N with tert-alkyl or cyclic N) is 1. The Bertz CT molecular complexity index is 850. The number of piperidine rings is 1. The SMILES string of the molecule is Cc1cc2c(cc1Cl)[C@@H](O)CC1(CCN(C[C@H](O)c3ccc(F)cc3)CC1)O2. The maximum absolute atomic E-state index is 13.1. The van der Waals surface area contributed by atoms with E-state index in [9.17, 15) is 14.6 Å². The molecular formula is C22H25ClFNO3. The van der Waals surface area contributed by atoms with Gasteiger partial charge in [0.15, 0.2) is 0 Å². The lowest BCUT2D eigenvalue weighted by atomic mass is 9.81. The molecule has 2 aromatic rings. The van der Waals surface area contributed by atoms with Crippen LogP contribution < -0.4 is 4.74 Å². The first-order valence-corrected chi connectivity index (χ1v) is 10.1. The summed E-state index contributed by atoms with van der Waals surface area (Å²) < 4.78 is 19.4. The maximum atomic E-state index is 13.1. The number of aryl methyl sites for hydroxylation is 1. The van der Waals surface area contributed by atoms with E-state index in [4.69, 9.17) is 16.3 Å². The van der Waals surface area contributed by atoms with E-state index in [1.165, 1.54) is 12.1 Å². The molecule has 0 bridgehead atoms.